The van der Waals surface area contributed by atoms with Gasteiger partial charge >= 0.3 is 5.97 Å². The van der Waals surface area contributed by atoms with Crippen LogP contribution in [0, 0.1) is 12.8 Å². The summed E-state index contributed by atoms with van der Waals surface area (Å²) in [6.45, 7) is 3.56. The van der Waals surface area contributed by atoms with E-state index in [2.05, 4.69) is 6.07 Å². The van der Waals surface area contributed by atoms with Crippen LogP contribution in [-0.4, -0.2) is 26.3 Å². The van der Waals surface area contributed by atoms with Gasteiger partial charge in [-0.15, -0.1) is 0 Å². The molecule has 1 aromatic rings. The summed E-state index contributed by atoms with van der Waals surface area (Å²) in [6, 6.07) is 8.07. The van der Waals surface area contributed by atoms with Crippen molar-refractivity contribution in [2.45, 2.75) is 19.3 Å². The first-order chi connectivity index (χ1) is 8.20. The van der Waals surface area contributed by atoms with Crippen LogP contribution < -0.4 is 0 Å². The molecule has 1 atom stereocenters. The van der Waals surface area contributed by atoms with Gasteiger partial charge in [0, 0.05) is 5.92 Å². The number of hydrogen-bond donors (Lipinski definition) is 0. The van der Waals surface area contributed by atoms with E-state index < -0.39 is 0 Å². The van der Waals surface area contributed by atoms with E-state index >= 15 is 0 Å². The Balaban J connectivity index is 2.16. The van der Waals surface area contributed by atoms with E-state index in [1.54, 1.807) is 0 Å². The van der Waals surface area contributed by atoms with Crippen molar-refractivity contribution in [1.29, 1.82) is 0 Å². The van der Waals surface area contributed by atoms with Crippen LogP contribution in [0.4, 0.5) is 0 Å². The summed E-state index contributed by atoms with van der Waals surface area (Å²) in [5, 5.41) is 0. The van der Waals surface area contributed by atoms with Gasteiger partial charge in [-0.05, 0) is 18.9 Å². The zero-order chi connectivity index (χ0) is 12.3. The van der Waals surface area contributed by atoms with Crippen molar-refractivity contribution in [3.63, 3.8) is 0 Å². The lowest BCUT2D eigenvalue weighted by Gasteiger charge is -2.29. The van der Waals surface area contributed by atoms with Gasteiger partial charge in [0.25, 0.3) is 0 Å². The molecule has 0 spiro atoms. The molecule has 3 heteroatoms. The highest BCUT2D eigenvalue weighted by molar-refractivity contribution is 5.78. The first kappa shape index (κ1) is 12.1. The normalized spacial score (nSPS) is 17.3. The maximum absolute atomic E-state index is 11.8. The Labute approximate surface area is 102 Å². The molecule has 1 saturated heterocycles. The van der Waals surface area contributed by atoms with Gasteiger partial charge in [0.2, 0.25) is 0 Å². The fourth-order valence-electron chi connectivity index (χ4n) is 2.15. The Morgan fingerprint density at radius 3 is 2.82 bits per heavy atom. The van der Waals surface area contributed by atoms with Crippen molar-refractivity contribution < 1.29 is 14.3 Å². The summed E-state index contributed by atoms with van der Waals surface area (Å²) in [6.07, 6.45) is 0.816. The van der Waals surface area contributed by atoms with Gasteiger partial charge in [-0.3, -0.25) is 4.79 Å². The number of carbonyl (C=O) groups is 1. The fourth-order valence-corrected chi connectivity index (χ4v) is 2.15. The molecule has 0 saturated carbocycles. The minimum absolute atomic E-state index is 0.150. The SMILES string of the molecule is COC(=O)C(CC1COC1)c1cccc(C)c1. The lowest BCUT2D eigenvalue weighted by molar-refractivity contribution is -0.144. The Morgan fingerprint density at radius 2 is 2.29 bits per heavy atom. The summed E-state index contributed by atoms with van der Waals surface area (Å²) >= 11 is 0. The monoisotopic (exact) mass is 234 g/mol. The molecule has 92 valence electrons. The smallest absolute Gasteiger partial charge is 0.313 e. The predicted octanol–water partition coefficient (Wildman–Crippen LogP) is 2.29. The number of benzene rings is 1. The number of carbonyl (C=O) groups excluding carboxylic acids is 1. The Hall–Kier alpha value is -1.35. The molecule has 1 heterocycles. The van der Waals surface area contributed by atoms with E-state index in [0.717, 1.165) is 25.2 Å². The molecule has 0 radical (unpaired) electrons. The molecule has 0 aliphatic carbocycles. The van der Waals surface area contributed by atoms with Gasteiger partial charge in [-0.2, -0.15) is 0 Å². The maximum Gasteiger partial charge on any atom is 0.313 e. The molecule has 1 aliphatic rings. The summed E-state index contributed by atoms with van der Waals surface area (Å²) in [4.78, 5) is 11.8. The molecule has 0 amide bonds. The van der Waals surface area contributed by atoms with E-state index in [0.29, 0.717) is 5.92 Å². The number of hydrogen-bond acceptors (Lipinski definition) is 3. The zero-order valence-corrected chi connectivity index (χ0v) is 10.3. The molecule has 1 aliphatic heterocycles. The second-order valence-corrected chi connectivity index (χ2v) is 4.63. The van der Waals surface area contributed by atoms with Gasteiger partial charge in [0.1, 0.15) is 0 Å². The standard InChI is InChI=1S/C14H18O3/c1-10-4-3-5-12(6-10)13(14(15)16-2)7-11-8-17-9-11/h3-6,11,13H,7-9H2,1-2H3. The van der Waals surface area contributed by atoms with Crippen molar-refractivity contribution >= 4 is 5.97 Å². The van der Waals surface area contributed by atoms with Crippen LogP contribution in [-0.2, 0) is 14.3 Å². The van der Waals surface area contributed by atoms with E-state index in [-0.39, 0.29) is 11.9 Å². The molecular weight excluding hydrogens is 216 g/mol. The van der Waals surface area contributed by atoms with Crippen LogP contribution in [0.15, 0.2) is 24.3 Å². The van der Waals surface area contributed by atoms with Crippen molar-refractivity contribution in [3.8, 4) is 0 Å². The van der Waals surface area contributed by atoms with Gasteiger partial charge in [-0.25, -0.2) is 0 Å². The van der Waals surface area contributed by atoms with E-state index in [1.807, 2.05) is 25.1 Å². The minimum atomic E-state index is -0.159. The van der Waals surface area contributed by atoms with Gasteiger partial charge in [0.05, 0.1) is 26.2 Å². The second kappa shape index (κ2) is 5.32. The summed E-state index contributed by atoms with van der Waals surface area (Å²) in [7, 11) is 1.45. The summed E-state index contributed by atoms with van der Waals surface area (Å²) in [5.41, 5.74) is 2.21. The molecule has 1 unspecified atom stereocenters. The summed E-state index contributed by atoms with van der Waals surface area (Å²) in [5.74, 6) is 0.177. The molecule has 3 nitrogen and oxygen atoms in total. The molecule has 2 rings (SSSR count). The highest BCUT2D eigenvalue weighted by Crippen LogP contribution is 2.29. The molecule has 1 aromatic carbocycles. The summed E-state index contributed by atoms with van der Waals surface area (Å²) < 4.78 is 10.1. The molecule has 0 N–H and O–H groups in total. The van der Waals surface area contributed by atoms with Crippen LogP contribution in [0.3, 0.4) is 0 Å². The van der Waals surface area contributed by atoms with Crippen LogP contribution in [0.25, 0.3) is 0 Å². The number of aryl methyl sites for hydroxylation is 1. The number of ether oxygens (including phenoxy) is 2. The van der Waals surface area contributed by atoms with Crippen molar-refractivity contribution in [2.75, 3.05) is 20.3 Å². The Kier molecular flexibility index (Phi) is 3.79. The van der Waals surface area contributed by atoms with Crippen molar-refractivity contribution in [3.05, 3.63) is 35.4 Å². The third-order valence-corrected chi connectivity index (χ3v) is 3.21. The van der Waals surface area contributed by atoms with E-state index in [1.165, 1.54) is 12.7 Å². The van der Waals surface area contributed by atoms with Gasteiger partial charge in [-0.1, -0.05) is 29.8 Å². The van der Waals surface area contributed by atoms with Crippen LogP contribution in [0.5, 0.6) is 0 Å². The third-order valence-electron chi connectivity index (χ3n) is 3.21. The highest BCUT2D eigenvalue weighted by Gasteiger charge is 2.29. The lowest BCUT2D eigenvalue weighted by atomic mass is 9.87. The number of methoxy groups -OCH3 is 1. The molecule has 17 heavy (non-hydrogen) atoms. The minimum Gasteiger partial charge on any atom is -0.469 e. The second-order valence-electron chi connectivity index (χ2n) is 4.63. The van der Waals surface area contributed by atoms with E-state index in [4.69, 9.17) is 9.47 Å². The Morgan fingerprint density at radius 1 is 1.53 bits per heavy atom. The largest absolute Gasteiger partial charge is 0.469 e. The topological polar surface area (TPSA) is 35.5 Å². The van der Waals surface area contributed by atoms with Crippen LogP contribution in [0.1, 0.15) is 23.5 Å². The van der Waals surface area contributed by atoms with E-state index in [9.17, 15) is 4.79 Å². The fraction of sp³-hybridized carbons (Fsp3) is 0.500. The van der Waals surface area contributed by atoms with Gasteiger partial charge in [0.15, 0.2) is 0 Å². The predicted molar refractivity (Wildman–Crippen MR) is 64.9 cm³/mol. The average Bonchev–Trinajstić information content (AvgIpc) is 2.27. The first-order valence-corrected chi connectivity index (χ1v) is 5.93. The van der Waals surface area contributed by atoms with Crippen LogP contribution in [0.2, 0.25) is 0 Å². The Bertz CT molecular complexity index is 396. The molecule has 0 aromatic heterocycles. The molecule has 0 bridgehead atoms. The quantitative estimate of drug-likeness (QED) is 0.750. The van der Waals surface area contributed by atoms with Gasteiger partial charge < -0.3 is 9.47 Å². The molecule has 1 fully saturated rings. The van der Waals surface area contributed by atoms with Crippen LogP contribution >= 0.6 is 0 Å². The third kappa shape index (κ3) is 2.86. The lowest BCUT2D eigenvalue weighted by Crippen LogP contribution is -2.31. The van der Waals surface area contributed by atoms with Crippen molar-refractivity contribution in [2.24, 2.45) is 5.92 Å². The number of rotatable bonds is 4. The van der Waals surface area contributed by atoms with Crippen molar-refractivity contribution in [1.82, 2.24) is 0 Å². The zero-order valence-electron chi connectivity index (χ0n) is 10.3. The highest BCUT2D eigenvalue weighted by atomic mass is 16.5. The maximum atomic E-state index is 11.8. The molecular formula is C14H18O3. The first-order valence-electron chi connectivity index (χ1n) is 5.93. The number of esters is 1. The average molecular weight is 234 g/mol.